The fraction of sp³-hybridized carbons (Fsp3) is 0.667. The SMILES string of the molecule is CCn1cc(S(=O)(=O)N(C)CC(C)C)cc1CN. The van der Waals surface area contributed by atoms with Gasteiger partial charge in [0.1, 0.15) is 4.90 Å². The molecule has 0 bridgehead atoms. The van der Waals surface area contributed by atoms with Gasteiger partial charge in [-0.2, -0.15) is 0 Å². The highest BCUT2D eigenvalue weighted by Gasteiger charge is 2.23. The van der Waals surface area contributed by atoms with Crippen LogP contribution in [-0.4, -0.2) is 30.9 Å². The summed E-state index contributed by atoms with van der Waals surface area (Å²) in [6, 6.07) is 1.66. The van der Waals surface area contributed by atoms with E-state index in [1.165, 1.54) is 4.31 Å². The predicted molar refractivity (Wildman–Crippen MR) is 72.7 cm³/mol. The van der Waals surface area contributed by atoms with E-state index in [9.17, 15) is 8.42 Å². The predicted octanol–water partition coefficient (Wildman–Crippen LogP) is 1.24. The van der Waals surface area contributed by atoms with Gasteiger partial charge in [-0.3, -0.25) is 0 Å². The monoisotopic (exact) mass is 273 g/mol. The van der Waals surface area contributed by atoms with E-state index < -0.39 is 10.0 Å². The zero-order valence-electron chi connectivity index (χ0n) is 11.5. The number of sulfonamides is 1. The minimum Gasteiger partial charge on any atom is -0.349 e. The van der Waals surface area contributed by atoms with Crippen molar-refractivity contribution in [3.05, 3.63) is 18.0 Å². The van der Waals surface area contributed by atoms with Crippen molar-refractivity contribution in [1.29, 1.82) is 0 Å². The number of hydrogen-bond acceptors (Lipinski definition) is 3. The lowest BCUT2D eigenvalue weighted by Gasteiger charge is -2.18. The summed E-state index contributed by atoms with van der Waals surface area (Å²) >= 11 is 0. The standard InChI is InChI=1S/C12H23N3O2S/c1-5-15-9-12(6-11(15)7-13)18(16,17)14(4)8-10(2)3/h6,9-10H,5,7-8,13H2,1-4H3. The molecule has 0 unspecified atom stereocenters. The summed E-state index contributed by atoms with van der Waals surface area (Å²) in [4.78, 5) is 0.327. The molecule has 1 heterocycles. The number of aromatic nitrogens is 1. The van der Waals surface area contributed by atoms with Gasteiger partial charge in [-0.05, 0) is 18.9 Å². The Morgan fingerprint density at radius 2 is 2.06 bits per heavy atom. The normalized spacial score (nSPS) is 12.6. The maximum atomic E-state index is 12.3. The highest BCUT2D eigenvalue weighted by Crippen LogP contribution is 2.18. The van der Waals surface area contributed by atoms with Gasteiger partial charge < -0.3 is 10.3 Å². The number of aryl methyl sites for hydroxylation is 1. The summed E-state index contributed by atoms with van der Waals surface area (Å²) in [5, 5.41) is 0. The van der Waals surface area contributed by atoms with Crippen LogP contribution >= 0.6 is 0 Å². The van der Waals surface area contributed by atoms with E-state index in [2.05, 4.69) is 0 Å². The Hall–Kier alpha value is -0.850. The van der Waals surface area contributed by atoms with E-state index in [0.717, 1.165) is 12.2 Å². The molecule has 5 nitrogen and oxygen atoms in total. The minimum absolute atomic E-state index is 0.298. The summed E-state index contributed by atoms with van der Waals surface area (Å²) < 4.78 is 27.9. The lowest BCUT2D eigenvalue weighted by molar-refractivity contribution is 0.417. The van der Waals surface area contributed by atoms with Crippen LogP contribution in [0.2, 0.25) is 0 Å². The third-order valence-electron chi connectivity index (χ3n) is 2.84. The summed E-state index contributed by atoms with van der Waals surface area (Å²) in [6.45, 7) is 7.53. The Balaban J connectivity index is 3.08. The van der Waals surface area contributed by atoms with E-state index in [1.54, 1.807) is 19.3 Å². The van der Waals surface area contributed by atoms with Crippen molar-refractivity contribution in [2.45, 2.75) is 38.8 Å². The Morgan fingerprint density at radius 1 is 1.44 bits per heavy atom. The molecule has 0 aliphatic carbocycles. The van der Waals surface area contributed by atoms with Crippen molar-refractivity contribution in [3.63, 3.8) is 0 Å². The molecule has 6 heteroatoms. The van der Waals surface area contributed by atoms with E-state index in [0.29, 0.717) is 23.9 Å². The molecule has 1 aromatic heterocycles. The maximum Gasteiger partial charge on any atom is 0.244 e. The molecule has 0 radical (unpaired) electrons. The molecule has 0 saturated heterocycles. The van der Waals surface area contributed by atoms with Crippen molar-refractivity contribution in [2.75, 3.05) is 13.6 Å². The van der Waals surface area contributed by atoms with Crippen LogP contribution in [0.25, 0.3) is 0 Å². The fourth-order valence-corrected chi connectivity index (χ4v) is 3.32. The van der Waals surface area contributed by atoms with E-state index in [1.807, 2.05) is 25.3 Å². The Morgan fingerprint density at radius 3 is 2.44 bits per heavy atom. The average molecular weight is 273 g/mol. The number of nitrogens with two attached hydrogens (primary N) is 1. The molecular weight excluding hydrogens is 250 g/mol. The molecule has 104 valence electrons. The quantitative estimate of drug-likeness (QED) is 0.848. The largest absolute Gasteiger partial charge is 0.349 e. The topological polar surface area (TPSA) is 68.3 Å². The average Bonchev–Trinajstić information content (AvgIpc) is 2.71. The van der Waals surface area contributed by atoms with E-state index >= 15 is 0 Å². The third-order valence-corrected chi connectivity index (χ3v) is 4.63. The first-order valence-electron chi connectivity index (χ1n) is 6.18. The van der Waals surface area contributed by atoms with E-state index in [4.69, 9.17) is 5.73 Å². The molecule has 0 saturated carbocycles. The molecule has 0 aliphatic heterocycles. The van der Waals surface area contributed by atoms with Crippen LogP contribution in [0.5, 0.6) is 0 Å². The molecule has 0 fully saturated rings. The number of nitrogens with zero attached hydrogens (tertiary/aromatic N) is 2. The van der Waals surface area contributed by atoms with Crippen LogP contribution in [0.1, 0.15) is 26.5 Å². The Labute approximate surface area is 110 Å². The zero-order chi connectivity index (χ0) is 13.9. The zero-order valence-corrected chi connectivity index (χ0v) is 12.4. The molecule has 2 N–H and O–H groups in total. The molecular formula is C12H23N3O2S. The van der Waals surface area contributed by atoms with Crippen molar-refractivity contribution < 1.29 is 8.42 Å². The maximum absolute atomic E-state index is 12.3. The van der Waals surface area contributed by atoms with Crippen LogP contribution in [0.4, 0.5) is 0 Å². The van der Waals surface area contributed by atoms with Gasteiger partial charge in [-0.15, -0.1) is 0 Å². The van der Waals surface area contributed by atoms with Gasteiger partial charge in [0.15, 0.2) is 0 Å². The summed E-state index contributed by atoms with van der Waals surface area (Å²) in [5.74, 6) is 0.298. The van der Waals surface area contributed by atoms with Crippen LogP contribution in [-0.2, 0) is 23.1 Å². The Kier molecular flexibility index (Phi) is 4.95. The second-order valence-electron chi connectivity index (χ2n) is 4.84. The van der Waals surface area contributed by atoms with Gasteiger partial charge in [-0.25, -0.2) is 12.7 Å². The molecule has 0 atom stereocenters. The van der Waals surface area contributed by atoms with Crippen LogP contribution in [0.3, 0.4) is 0 Å². The van der Waals surface area contributed by atoms with Crippen molar-refractivity contribution in [3.8, 4) is 0 Å². The summed E-state index contributed by atoms with van der Waals surface area (Å²) in [5.41, 5.74) is 6.45. The molecule has 1 aromatic rings. The minimum atomic E-state index is -3.40. The molecule has 0 spiro atoms. The van der Waals surface area contributed by atoms with Gasteiger partial charge in [-0.1, -0.05) is 13.8 Å². The van der Waals surface area contributed by atoms with Crippen LogP contribution in [0, 0.1) is 5.92 Å². The smallest absolute Gasteiger partial charge is 0.244 e. The van der Waals surface area contributed by atoms with Gasteiger partial charge in [0.2, 0.25) is 10.0 Å². The van der Waals surface area contributed by atoms with Gasteiger partial charge in [0.25, 0.3) is 0 Å². The first-order chi connectivity index (χ1) is 8.32. The van der Waals surface area contributed by atoms with E-state index in [-0.39, 0.29) is 0 Å². The molecule has 0 aromatic carbocycles. The van der Waals surface area contributed by atoms with Crippen molar-refractivity contribution >= 4 is 10.0 Å². The number of hydrogen-bond donors (Lipinski definition) is 1. The highest BCUT2D eigenvalue weighted by atomic mass is 32.2. The Bertz CT molecular complexity index is 470. The lowest BCUT2D eigenvalue weighted by atomic mass is 10.2. The molecule has 0 aliphatic rings. The second kappa shape index (κ2) is 5.86. The lowest BCUT2D eigenvalue weighted by Crippen LogP contribution is -2.30. The first kappa shape index (κ1) is 15.2. The van der Waals surface area contributed by atoms with Gasteiger partial charge in [0.05, 0.1) is 0 Å². The summed E-state index contributed by atoms with van der Waals surface area (Å²) in [6.07, 6.45) is 1.66. The van der Waals surface area contributed by atoms with Crippen LogP contribution < -0.4 is 5.73 Å². The van der Waals surface area contributed by atoms with Gasteiger partial charge in [0, 0.05) is 38.6 Å². The van der Waals surface area contributed by atoms with Crippen molar-refractivity contribution in [1.82, 2.24) is 8.87 Å². The van der Waals surface area contributed by atoms with Crippen LogP contribution in [0.15, 0.2) is 17.2 Å². The summed E-state index contributed by atoms with van der Waals surface area (Å²) in [7, 11) is -1.79. The van der Waals surface area contributed by atoms with Crippen molar-refractivity contribution in [2.24, 2.45) is 11.7 Å². The molecule has 18 heavy (non-hydrogen) atoms. The fourth-order valence-electron chi connectivity index (χ4n) is 1.92. The third kappa shape index (κ3) is 3.13. The molecule has 0 amide bonds. The second-order valence-corrected chi connectivity index (χ2v) is 6.88. The molecule has 1 rings (SSSR count). The highest BCUT2D eigenvalue weighted by molar-refractivity contribution is 7.89. The first-order valence-corrected chi connectivity index (χ1v) is 7.62. The van der Waals surface area contributed by atoms with Gasteiger partial charge >= 0.3 is 0 Å². The number of rotatable bonds is 6.